The van der Waals surface area contributed by atoms with Gasteiger partial charge < -0.3 is 11.1 Å². The number of hydrogen-bond acceptors (Lipinski definition) is 4. The molecule has 6 heteroatoms. The van der Waals surface area contributed by atoms with Crippen LogP contribution in [0.2, 0.25) is 5.28 Å². The smallest absolute Gasteiger partial charge is 0.224 e. The van der Waals surface area contributed by atoms with Crippen LogP contribution in [-0.4, -0.2) is 9.97 Å². The molecule has 0 aliphatic carbocycles. The Bertz CT molecular complexity index is 518. The van der Waals surface area contributed by atoms with Gasteiger partial charge in [-0.05, 0) is 29.8 Å². The number of nitrogens with two attached hydrogens (primary N) is 1. The van der Waals surface area contributed by atoms with Gasteiger partial charge in [-0.15, -0.1) is 0 Å². The predicted molar refractivity (Wildman–Crippen MR) is 68.9 cm³/mol. The molecule has 0 saturated carbocycles. The average Bonchev–Trinajstić information content (AvgIpc) is 2.24. The minimum atomic E-state index is 0.159. The molecule has 0 radical (unpaired) electrons. The van der Waals surface area contributed by atoms with Crippen LogP contribution in [0.25, 0.3) is 0 Å². The zero-order valence-corrected chi connectivity index (χ0v) is 10.5. The van der Waals surface area contributed by atoms with Crippen LogP contribution in [0.1, 0.15) is 0 Å². The maximum Gasteiger partial charge on any atom is 0.224 e. The largest absolute Gasteiger partial charge is 0.394 e. The molecule has 1 aromatic carbocycles. The number of anilines is 3. The van der Waals surface area contributed by atoms with Gasteiger partial charge in [0.1, 0.15) is 0 Å². The Morgan fingerprint density at radius 1 is 1.38 bits per heavy atom. The molecule has 0 aliphatic rings. The molecule has 1 aromatic heterocycles. The van der Waals surface area contributed by atoms with Gasteiger partial charge in [-0.25, -0.2) is 4.98 Å². The van der Waals surface area contributed by atoms with E-state index in [-0.39, 0.29) is 5.28 Å². The normalized spacial score (nSPS) is 10.1. The molecular formula is C10H8BrClN4. The molecule has 82 valence electrons. The summed E-state index contributed by atoms with van der Waals surface area (Å²) < 4.78 is 0.969. The summed E-state index contributed by atoms with van der Waals surface area (Å²) in [6, 6.07) is 7.66. The quantitative estimate of drug-likeness (QED) is 0.836. The molecule has 0 spiro atoms. The summed E-state index contributed by atoms with van der Waals surface area (Å²) in [6.07, 6.45) is 1.47. The molecule has 3 N–H and O–H groups in total. The number of benzene rings is 1. The van der Waals surface area contributed by atoms with Gasteiger partial charge in [0.25, 0.3) is 0 Å². The molecule has 4 nitrogen and oxygen atoms in total. The highest BCUT2D eigenvalue weighted by molar-refractivity contribution is 9.10. The topological polar surface area (TPSA) is 63.8 Å². The first kappa shape index (κ1) is 11.2. The van der Waals surface area contributed by atoms with Gasteiger partial charge in [-0.3, -0.25) is 0 Å². The molecule has 0 unspecified atom stereocenters. The Labute approximate surface area is 106 Å². The fraction of sp³-hybridized carbons (Fsp3) is 0. The SMILES string of the molecule is Nc1cnc(Cl)nc1Nc1cccc(Br)c1. The van der Waals surface area contributed by atoms with Crippen LogP contribution in [0.3, 0.4) is 0 Å². The minimum Gasteiger partial charge on any atom is -0.394 e. The van der Waals surface area contributed by atoms with E-state index in [1.54, 1.807) is 0 Å². The third-order valence-corrected chi connectivity index (χ3v) is 2.55. The monoisotopic (exact) mass is 298 g/mol. The van der Waals surface area contributed by atoms with Crippen molar-refractivity contribution in [1.29, 1.82) is 0 Å². The standard InChI is InChI=1S/C10H8BrClN4/c11-6-2-1-3-7(4-6)15-9-8(13)5-14-10(12)16-9/h1-5H,13H2,(H,14,15,16). The van der Waals surface area contributed by atoms with Crippen LogP contribution in [0.4, 0.5) is 17.2 Å². The van der Waals surface area contributed by atoms with Crippen molar-refractivity contribution < 1.29 is 0 Å². The summed E-state index contributed by atoms with van der Waals surface area (Å²) in [5.74, 6) is 0.498. The molecule has 16 heavy (non-hydrogen) atoms. The molecule has 0 fully saturated rings. The first-order chi connectivity index (χ1) is 7.65. The number of rotatable bonds is 2. The summed E-state index contributed by atoms with van der Waals surface area (Å²) in [5.41, 5.74) is 7.04. The third kappa shape index (κ3) is 2.62. The van der Waals surface area contributed by atoms with E-state index in [2.05, 4.69) is 31.2 Å². The summed E-state index contributed by atoms with van der Waals surface area (Å²) >= 11 is 9.07. The molecule has 0 bridgehead atoms. The van der Waals surface area contributed by atoms with Crippen molar-refractivity contribution in [2.45, 2.75) is 0 Å². The van der Waals surface area contributed by atoms with Gasteiger partial charge in [-0.2, -0.15) is 4.98 Å². The summed E-state index contributed by atoms with van der Waals surface area (Å²) in [4.78, 5) is 7.78. The van der Waals surface area contributed by atoms with Gasteiger partial charge in [0.2, 0.25) is 5.28 Å². The van der Waals surface area contributed by atoms with Gasteiger partial charge in [0.15, 0.2) is 5.82 Å². The first-order valence-electron chi connectivity index (χ1n) is 4.46. The zero-order valence-electron chi connectivity index (χ0n) is 8.11. The lowest BCUT2D eigenvalue weighted by Crippen LogP contribution is -2.00. The van der Waals surface area contributed by atoms with Crippen LogP contribution < -0.4 is 11.1 Å². The van der Waals surface area contributed by atoms with Crippen molar-refractivity contribution in [2.24, 2.45) is 0 Å². The highest BCUT2D eigenvalue weighted by Gasteiger charge is 2.03. The predicted octanol–water partition coefficient (Wildman–Crippen LogP) is 3.22. The number of halogens is 2. The van der Waals surface area contributed by atoms with E-state index in [4.69, 9.17) is 17.3 Å². The van der Waals surface area contributed by atoms with Crippen LogP contribution in [0.15, 0.2) is 34.9 Å². The van der Waals surface area contributed by atoms with Crippen LogP contribution >= 0.6 is 27.5 Å². The Kier molecular flexibility index (Phi) is 3.26. The summed E-state index contributed by atoms with van der Waals surface area (Å²) in [6.45, 7) is 0. The molecular weight excluding hydrogens is 291 g/mol. The van der Waals surface area contributed by atoms with Crippen molar-refractivity contribution >= 4 is 44.7 Å². The van der Waals surface area contributed by atoms with E-state index in [0.717, 1.165) is 10.2 Å². The number of nitrogens with zero attached hydrogens (tertiary/aromatic N) is 2. The molecule has 0 aliphatic heterocycles. The number of aromatic nitrogens is 2. The summed E-state index contributed by atoms with van der Waals surface area (Å²) in [7, 11) is 0. The van der Waals surface area contributed by atoms with Crippen molar-refractivity contribution in [3.8, 4) is 0 Å². The Morgan fingerprint density at radius 3 is 2.94 bits per heavy atom. The minimum absolute atomic E-state index is 0.159. The maximum absolute atomic E-state index is 5.72. The second kappa shape index (κ2) is 4.67. The maximum atomic E-state index is 5.72. The lowest BCUT2D eigenvalue weighted by molar-refractivity contribution is 1.17. The van der Waals surface area contributed by atoms with E-state index in [0.29, 0.717) is 11.5 Å². The van der Waals surface area contributed by atoms with Gasteiger partial charge in [0, 0.05) is 10.2 Å². The Hall–Kier alpha value is -1.33. The molecule has 2 rings (SSSR count). The third-order valence-electron chi connectivity index (χ3n) is 1.88. The van der Waals surface area contributed by atoms with Gasteiger partial charge in [-0.1, -0.05) is 22.0 Å². The molecule has 1 heterocycles. The van der Waals surface area contributed by atoms with Gasteiger partial charge >= 0.3 is 0 Å². The van der Waals surface area contributed by atoms with Crippen molar-refractivity contribution in [3.05, 3.63) is 40.2 Å². The highest BCUT2D eigenvalue weighted by Crippen LogP contribution is 2.23. The van der Waals surface area contributed by atoms with Gasteiger partial charge in [0.05, 0.1) is 11.9 Å². The van der Waals surface area contributed by atoms with E-state index in [9.17, 15) is 0 Å². The molecule has 0 amide bonds. The van der Waals surface area contributed by atoms with E-state index in [1.807, 2.05) is 24.3 Å². The fourth-order valence-corrected chi connectivity index (χ4v) is 1.71. The van der Waals surface area contributed by atoms with Crippen molar-refractivity contribution in [3.63, 3.8) is 0 Å². The second-order valence-corrected chi connectivity index (χ2v) is 4.33. The second-order valence-electron chi connectivity index (χ2n) is 3.08. The molecule has 0 saturated heterocycles. The lowest BCUT2D eigenvalue weighted by Gasteiger charge is -2.08. The summed E-state index contributed by atoms with van der Waals surface area (Å²) in [5, 5.41) is 3.22. The van der Waals surface area contributed by atoms with Crippen LogP contribution in [0, 0.1) is 0 Å². The van der Waals surface area contributed by atoms with E-state index in [1.165, 1.54) is 6.20 Å². The van der Waals surface area contributed by atoms with Crippen molar-refractivity contribution in [2.75, 3.05) is 11.1 Å². The van der Waals surface area contributed by atoms with Crippen LogP contribution in [-0.2, 0) is 0 Å². The Balaban J connectivity index is 2.30. The van der Waals surface area contributed by atoms with Crippen molar-refractivity contribution in [1.82, 2.24) is 9.97 Å². The number of nitrogen functional groups attached to an aromatic ring is 1. The molecule has 2 aromatic rings. The fourth-order valence-electron chi connectivity index (χ4n) is 1.17. The lowest BCUT2D eigenvalue weighted by atomic mass is 10.3. The number of nitrogens with one attached hydrogen (secondary N) is 1. The first-order valence-corrected chi connectivity index (χ1v) is 5.63. The van der Waals surface area contributed by atoms with Crippen LogP contribution in [0.5, 0.6) is 0 Å². The average molecular weight is 300 g/mol. The zero-order chi connectivity index (χ0) is 11.5. The van der Waals surface area contributed by atoms with E-state index >= 15 is 0 Å². The molecule has 0 atom stereocenters. The Morgan fingerprint density at radius 2 is 2.19 bits per heavy atom. The highest BCUT2D eigenvalue weighted by atomic mass is 79.9. The van der Waals surface area contributed by atoms with E-state index < -0.39 is 0 Å². The number of hydrogen-bond donors (Lipinski definition) is 2.